The maximum atomic E-state index is 17.1. The van der Waals surface area contributed by atoms with Crippen LogP contribution in [0.1, 0.15) is 50.5 Å². The van der Waals surface area contributed by atoms with Gasteiger partial charge in [-0.15, -0.1) is 11.3 Å². The molecule has 3 fully saturated rings. The first-order valence-electron chi connectivity index (χ1n) is 15.6. The fourth-order valence-electron chi connectivity index (χ4n) is 7.86. The van der Waals surface area contributed by atoms with E-state index in [1.54, 1.807) is 0 Å². The number of ether oxygens (including phenoxy) is 2. The van der Waals surface area contributed by atoms with Crippen LogP contribution in [-0.2, 0) is 0 Å². The standard InChI is InChI=1S/C33H30ClF2N7O2S/c34-24-22(18-4-5-20(35)28-21(18)19(14-37)29(39)46-28)25(36)26-23-27(24)44-13-12-42(16-32(15-38)6-1-7-32)30(23)41-31(40-26)45-17-33-8-2-10-43(33)11-3-9-33/h4-5H,1-3,6-13,16-17,39H2. The predicted octanol–water partition coefficient (Wildman–Crippen LogP) is 6.80. The molecule has 0 radical (unpaired) electrons. The molecule has 3 aliphatic heterocycles. The lowest BCUT2D eigenvalue weighted by atomic mass is 9.69. The van der Waals surface area contributed by atoms with Gasteiger partial charge in [0.2, 0.25) is 0 Å². The van der Waals surface area contributed by atoms with Crippen LogP contribution < -0.4 is 20.1 Å². The molecule has 2 saturated heterocycles. The van der Waals surface area contributed by atoms with Crippen molar-refractivity contribution in [3.8, 4) is 35.0 Å². The van der Waals surface area contributed by atoms with Gasteiger partial charge in [0, 0.05) is 17.5 Å². The topological polar surface area (TPSA) is 124 Å². The molecule has 0 atom stereocenters. The summed E-state index contributed by atoms with van der Waals surface area (Å²) in [7, 11) is 0. The lowest BCUT2D eigenvalue weighted by molar-refractivity contribution is 0.108. The van der Waals surface area contributed by atoms with E-state index in [1.807, 2.05) is 11.0 Å². The highest BCUT2D eigenvalue weighted by Crippen LogP contribution is 2.51. The summed E-state index contributed by atoms with van der Waals surface area (Å²) in [4.78, 5) is 13.9. The molecule has 0 amide bonds. The molecule has 1 saturated carbocycles. The summed E-state index contributed by atoms with van der Waals surface area (Å²) in [5, 5.41) is 20.5. The lowest BCUT2D eigenvalue weighted by Crippen LogP contribution is -2.44. The molecule has 0 spiro atoms. The van der Waals surface area contributed by atoms with Gasteiger partial charge in [0.25, 0.3) is 0 Å². The third-order valence-corrected chi connectivity index (χ3v) is 11.8. The quantitative estimate of drug-likeness (QED) is 0.238. The Balaban J connectivity index is 1.34. The van der Waals surface area contributed by atoms with Gasteiger partial charge in [-0.2, -0.15) is 20.5 Å². The number of benzene rings is 2. The van der Waals surface area contributed by atoms with E-state index < -0.39 is 17.0 Å². The molecule has 9 nitrogen and oxygen atoms in total. The number of rotatable bonds is 6. The largest absolute Gasteiger partial charge is 0.489 e. The maximum absolute atomic E-state index is 17.1. The molecule has 2 N–H and O–H groups in total. The van der Waals surface area contributed by atoms with Crippen molar-refractivity contribution in [2.75, 3.05) is 50.0 Å². The monoisotopic (exact) mass is 661 g/mol. The van der Waals surface area contributed by atoms with Crippen molar-refractivity contribution in [1.29, 1.82) is 10.5 Å². The van der Waals surface area contributed by atoms with Crippen molar-refractivity contribution < 1.29 is 18.3 Å². The van der Waals surface area contributed by atoms with Crippen LogP contribution in [0.5, 0.6) is 11.8 Å². The predicted molar refractivity (Wildman–Crippen MR) is 172 cm³/mol. The summed E-state index contributed by atoms with van der Waals surface area (Å²) in [5.41, 5.74) is 5.59. The van der Waals surface area contributed by atoms with Crippen molar-refractivity contribution in [3.63, 3.8) is 0 Å². The van der Waals surface area contributed by atoms with E-state index in [2.05, 4.69) is 16.0 Å². The molecule has 236 valence electrons. The van der Waals surface area contributed by atoms with Crippen LogP contribution in [0.15, 0.2) is 12.1 Å². The second-order valence-electron chi connectivity index (χ2n) is 12.9. The fourth-order valence-corrected chi connectivity index (χ4v) is 9.14. The number of thiophene rings is 1. The van der Waals surface area contributed by atoms with Gasteiger partial charge >= 0.3 is 6.01 Å². The van der Waals surface area contributed by atoms with Crippen molar-refractivity contribution in [3.05, 3.63) is 34.4 Å². The molecule has 4 aromatic rings. The number of nitrogen functional groups attached to an aromatic ring is 1. The average Bonchev–Trinajstić information content (AvgIpc) is 3.68. The van der Waals surface area contributed by atoms with Gasteiger partial charge in [-0.3, -0.25) is 4.90 Å². The molecule has 4 aliphatic rings. The second-order valence-corrected chi connectivity index (χ2v) is 14.3. The second kappa shape index (κ2) is 10.8. The Morgan fingerprint density at radius 1 is 1.07 bits per heavy atom. The maximum Gasteiger partial charge on any atom is 0.319 e. The summed E-state index contributed by atoms with van der Waals surface area (Å²) in [6, 6.07) is 7.18. The molecular formula is C33H30ClF2N7O2S. The number of nitriles is 2. The zero-order valence-corrected chi connectivity index (χ0v) is 26.5. The van der Waals surface area contributed by atoms with Crippen molar-refractivity contribution in [2.45, 2.75) is 50.5 Å². The van der Waals surface area contributed by atoms with Gasteiger partial charge in [-0.05, 0) is 63.2 Å². The summed E-state index contributed by atoms with van der Waals surface area (Å²) in [5.74, 6) is -0.763. The molecule has 1 aliphatic carbocycles. The molecule has 2 aromatic heterocycles. The van der Waals surface area contributed by atoms with Crippen LogP contribution in [-0.4, -0.2) is 59.8 Å². The highest BCUT2D eigenvalue weighted by molar-refractivity contribution is 7.23. The molecule has 46 heavy (non-hydrogen) atoms. The normalized spacial score (nSPS) is 19.7. The van der Waals surface area contributed by atoms with Crippen LogP contribution in [0.4, 0.5) is 19.6 Å². The Kier molecular flexibility index (Phi) is 6.91. The minimum Gasteiger partial charge on any atom is -0.489 e. The average molecular weight is 662 g/mol. The Labute approximate surface area is 273 Å². The fraction of sp³-hybridized carbons (Fsp3) is 0.455. The smallest absolute Gasteiger partial charge is 0.319 e. The Morgan fingerprint density at radius 3 is 2.54 bits per heavy atom. The number of fused-ring (bicyclic) bond motifs is 2. The van der Waals surface area contributed by atoms with Gasteiger partial charge in [0.15, 0.2) is 11.6 Å². The Hall–Kier alpha value is -3.97. The summed E-state index contributed by atoms with van der Waals surface area (Å²) in [6.07, 6.45) is 6.72. The minimum absolute atomic E-state index is 0.0296. The van der Waals surface area contributed by atoms with Gasteiger partial charge < -0.3 is 20.1 Å². The summed E-state index contributed by atoms with van der Waals surface area (Å²) in [6.45, 7) is 3.41. The van der Waals surface area contributed by atoms with Gasteiger partial charge in [-0.25, -0.2) is 8.78 Å². The van der Waals surface area contributed by atoms with Crippen LogP contribution in [0.25, 0.3) is 32.1 Å². The molecule has 0 unspecified atom stereocenters. The lowest BCUT2D eigenvalue weighted by Gasteiger charge is -2.39. The Bertz CT molecular complexity index is 2010. The number of nitrogens with zero attached hydrogens (tertiary/aromatic N) is 6. The van der Waals surface area contributed by atoms with Gasteiger partial charge in [0.05, 0.1) is 44.2 Å². The Morgan fingerprint density at radius 2 is 1.85 bits per heavy atom. The molecule has 2 aromatic carbocycles. The third kappa shape index (κ3) is 4.30. The zero-order chi connectivity index (χ0) is 31.8. The first kappa shape index (κ1) is 29.4. The van der Waals surface area contributed by atoms with Gasteiger partial charge in [0.1, 0.15) is 41.4 Å². The van der Waals surface area contributed by atoms with E-state index in [0.29, 0.717) is 25.5 Å². The van der Waals surface area contributed by atoms with Crippen LogP contribution in [0.3, 0.4) is 0 Å². The highest BCUT2D eigenvalue weighted by atomic mass is 35.5. The van der Waals surface area contributed by atoms with E-state index in [0.717, 1.165) is 69.4 Å². The zero-order valence-electron chi connectivity index (χ0n) is 25.0. The van der Waals surface area contributed by atoms with Crippen molar-refractivity contribution in [2.24, 2.45) is 5.41 Å². The molecular weight excluding hydrogens is 632 g/mol. The number of hydrogen-bond acceptors (Lipinski definition) is 10. The summed E-state index contributed by atoms with van der Waals surface area (Å²) >= 11 is 7.93. The van der Waals surface area contributed by atoms with Crippen molar-refractivity contribution in [1.82, 2.24) is 14.9 Å². The molecule has 13 heteroatoms. The summed E-state index contributed by atoms with van der Waals surface area (Å²) < 4.78 is 44.8. The number of nitrogens with two attached hydrogens (primary N) is 1. The van der Waals surface area contributed by atoms with Crippen molar-refractivity contribution >= 4 is 54.7 Å². The third-order valence-electron chi connectivity index (χ3n) is 10.4. The highest BCUT2D eigenvalue weighted by Gasteiger charge is 2.45. The van der Waals surface area contributed by atoms with Crippen LogP contribution in [0.2, 0.25) is 5.02 Å². The first-order chi connectivity index (χ1) is 22.3. The number of anilines is 2. The minimum atomic E-state index is -0.774. The molecule has 0 bridgehead atoms. The van der Waals surface area contributed by atoms with Crippen LogP contribution >= 0.6 is 22.9 Å². The van der Waals surface area contributed by atoms with Gasteiger partial charge in [-0.1, -0.05) is 24.1 Å². The molecule has 8 rings (SSSR count). The SMILES string of the molecule is N#Cc1c(N)sc2c(F)ccc(-c3c(Cl)c4c5c(nc(OCC67CCCN6CCC7)nc5c3F)N(CC3(C#N)CCC3)CCO4)c12. The van der Waals surface area contributed by atoms with E-state index in [1.165, 1.54) is 12.1 Å². The number of halogens is 3. The molecule has 5 heterocycles. The van der Waals surface area contributed by atoms with E-state index >= 15 is 4.39 Å². The van der Waals surface area contributed by atoms with E-state index in [9.17, 15) is 14.9 Å². The number of hydrogen-bond donors (Lipinski definition) is 1. The van der Waals surface area contributed by atoms with E-state index in [-0.39, 0.29) is 71.6 Å². The van der Waals surface area contributed by atoms with E-state index in [4.69, 9.17) is 31.8 Å². The number of aromatic nitrogens is 2. The first-order valence-corrected chi connectivity index (χ1v) is 16.8. The van der Waals surface area contributed by atoms with Crippen LogP contribution in [0, 0.1) is 39.7 Å².